The summed E-state index contributed by atoms with van der Waals surface area (Å²) >= 11 is 0. The topological polar surface area (TPSA) is 78.9 Å². The summed E-state index contributed by atoms with van der Waals surface area (Å²) in [7, 11) is 0. The minimum Gasteiger partial charge on any atom is -0.462 e. The molecule has 0 aromatic heterocycles. The molecular weight excluding hydrogens is 985 g/mol. The standard InChI is InChI=1S/C74H138O6/c1-4-7-10-13-16-19-22-25-28-31-33-34-35-36-37-38-39-40-41-44-46-49-52-55-58-61-64-67-73(76)79-70-71(69-78-72(75)66-63-60-57-54-51-48-45-42-30-27-24-21-18-15-12-9-6-3)80-74(77)68-65-62-59-56-53-50-47-43-32-29-26-23-20-17-14-11-8-5-2/h18,21,27,30-31,33,71H,4-17,19-20,22-26,28-29,32,34-70H2,1-3H3/b21-18-,30-27-,33-31-. The SMILES string of the molecule is CCCCC/C=C\C/C=C\CCCCCCCCCC(=O)OCC(COC(=O)CCCCCCCCCCCCCCCCC/C=C\CCCCCCCCCC)OC(=O)CCCCCCCCCCCCCCCCCCCC. The van der Waals surface area contributed by atoms with Crippen molar-refractivity contribution in [3.63, 3.8) is 0 Å². The van der Waals surface area contributed by atoms with Crippen LogP contribution in [-0.4, -0.2) is 37.2 Å². The highest BCUT2D eigenvalue weighted by atomic mass is 16.6. The molecule has 1 atom stereocenters. The molecule has 0 N–H and O–H groups in total. The zero-order valence-electron chi connectivity index (χ0n) is 54.1. The Morgan fingerprint density at radius 1 is 0.250 bits per heavy atom. The van der Waals surface area contributed by atoms with E-state index in [4.69, 9.17) is 14.2 Å². The molecule has 0 saturated heterocycles. The number of unbranched alkanes of at least 4 members (excludes halogenated alkanes) is 50. The smallest absolute Gasteiger partial charge is 0.306 e. The van der Waals surface area contributed by atoms with Crippen molar-refractivity contribution in [3.8, 4) is 0 Å². The van der Waals surface area contributed by atoms with Gasteiger partial charge < -0.3 is 14.2 Å². The highest BCUT2D eigenvalue weighted by Gasteiger charge is 2.19. The maximum absolute atomic E-state index is 13.0. The third-order valence-electron chi connectivity index (χ3n) is 16.4. The van der Waals surface area contributed by atoms with Gasteiger partial charge in [-0.25, -0.2) is 0 Å². The molecule has 0 rings (SSSR count). The van der Waals surface area contributed by atoms with Crippen LogP contribution in [0.1, 0.15) is 400 Å². The summed E-state index contributed by atoms with van der Waals surface area (Å²) in [4.78, 5) is 38.5. The monoisotopic (exact) mass is 1120 g/mol. The van der Waals surface area contributed by atoms with Crippen molar-refractivity contribution in [3.05, 3.63) is 36.5 Å². The predicted molar refractivity (Wildman–Crippen MR) is 349 cm³/mol. The summed E-state index contributed by atoms with van der Waals surface area (Å²) in [5.41, 5.74) is 0. The zero-order valence-corrected chi connectivity index (χ0v) is 54.1. The van der Waals surface area contributed by atoms with Gasteiger partial charge in [-0.05, 0) is 77.0 Å². The molecule has 470 valence electrons. The number of carbonyl (C=O) groups is 3. The lowest BCUT2D eigenvalue weighted by Gasteiger charge is -2.18. The molecule has 0 aliphatic heterocycles. The molecule has 0 aliphatic carbocycles. The molecule has 0 amide bonds. The second-order valence-corrected chi connectivity index (χ2v) is 24.5. The fourth-order valence-electron chi connectivity index (χ4n) is 10.9. The number of ether oxygens (including phenoxy) is 3. The summed E-state index contributed by atoms with van der Waals surface area (Å²) < 4.78 is 17.0. The number of hydrogen-bond donors (Lipinski definition) is 0. The first-order valence-electron chi connectivity index (χ1n) is 36.0. The second-order valence-electron chi connectivity index (χ2n) is 24.5. The molecule has 0 aliphatic rings. The first-order chi connectivity index (χ1) is 39.5. The van der Waals surface area contributed by atoms with Crippen molar-refractivity contribution >= 4 is 17.9 Å². The first kappa shape index (κ1) is 77.6. The fourth-order valence-corrected chi connectivity index (χ4v) is 10.9. The van der Waals surface area contributed by atoms with E-state index < -0.39 is 6.10 Å². The van der Waals surface area contributed by atoms with Crippen molar-refractivity contribution in [2.24, 2.45) is 0 Å². The molecule has 0 spiro atoms. The molecule has 80 heavy (non-hydrogen) atoms. The van der Waals surface area contributed by atoms with E-state index in [1.807, 2.05) is 0 Å². The molecule has 0 heterocycles. The van der Waals surface area contributed by atoms with E-state index in [9.17, 15) is 14.4 Å². The van der Waals surface area contributed by atoms with Gasteiger partial charge in [-0.3, -0.25) is 14.4 Å². The Hall–Kier alpha value is -2.37. The first-order valence-corrected chi connectivity index (χ1v) is 36.0. The second kappa shape index (κ2) is 69.1. The minimum atomic E-state index is -0.774. The van der Waals surface area contributed by atoms with Gasteiger partial charge in [-0.15, -0.1) is 0 Å². The van der Waals surface area contributed by atoms with Crippen LogP contribution in [0, 0.1) is 0 Å². The third kappa shape index (κ3) is 66.4. The lowest BCUT2D eigenvalue weighted by Crippen LogP contribution is -2.30. The Balaban J connectivity index is 4.25. The van der Waals surface area contributed by atoms with Crippen LogP contribution in [0.2, 0.25) is 0 Å². The van der Waals surface area contributed by atoms with Crippen molar-refractivity contribution in [1.82, 2.24) is 0 Å². The highest BCUT2D eigenvalue weighted by molar-refractivity contribution is 5.71. The Kier molecular flexibility index (Phi) is 67.1. The van der Waals surface area contributed by atoms with Crippen LogP contribution < -0.4 is 0 Å². The van der Waals surface area contributed by atoms with Gasteiger partial charge in [0.05, 0.1) is 0 Å². The molecule has 0 aromatic carbocycles. The Bertz CT molecular complexity index is 1340. The van der Waals surface area contributed by atoms with Crippen LogP contribution in [0.15, 0.2) is 36.5 Å². The van der Waals surface area contributed by atoms with Crippen molar-refractivity contribution in [2.75, 3.05) is 13.2 Å². The molecule has 0 aromatic rings. The van der Waals surface area contributed by atoms with Gasteiger partial charge in [0.25, 0.3) is 0 Å². The Labute approximate surface area is 499 Å². The molecule has 6 nitrogen and oxygen atoms in total. The largest absolute Gasteiger partial charge is 0.462 e. The average Bonchev–Trinajstić information content (AvgIpc) is 3.46. The summed E-state index contributed by atoms with van der Waals surface area (Å²) in [5, 5.41) is 0. The van der Waals surface area contributed by atoms with Crippen molar-refractivity contribution in [2.45, 2.75) is 406 Å². The van der Waals surface area contributed by atoms with E-state index in [2.05, 4.69) is 57.2 Å². The molecule has 1 unspecified atom stereocenters. The quantitative estimate of drug-likeness (QED) is 0.0261. The predicted octanol–water partition coefficient (Wildman–Crippen LogP) is 24.7. The number of carbonyl (C=O) groups excluding carboxylic acids is 3. The summed E-state index contributed by atoms with van der Waals surface area (Å²) in [6.07, 6.45) is 86.0. The van der Waals surface area contributed by atoms with Crippen molar-refractivity contribution in [1.29, 1.82) is 0 Å². The zero-order chi connectivity index (χ0) is 57.8. The van der Waals surface area contributed by atoms with E-state index in [-0.39, 0.29) is 31.1 Å². The number of allylic oxidation sites excluding steroid dienone is 6. The molecule has 0 radical (unpaired) electrons. The summed E-state index contributed by atoms with van der Waals surface area (Å²) in [6.45, 7) is 6.69. The molecule has 0 saturated carbocycles. The van der Waals surface area contributed by atoms with Gasteiger partial charge in [0.2, 0.25) is 0 Å². The third-order valence-corrected chi connectivity index (χ3v) is 16.4. The van der Waals surface area contributed by atoms with E-state index >= 15 is 0 Å². The maximum Gasteiger partial charge on any atom is 0.306 e. The summed E-state index contributed by atoms with van der Waals surface area (Å²) in [5.74, 6) is -0.846. The van der Waals surface area contributed by atoms with Gasteiger partial charge in [0.15, 0.2) is 6.10 Å². The van der Waals surface area contributed by atoms with Crippen LogP contribution in [0.5, 0.6) is 0 Å². The van der Waals surface area contributed by atoms with Gasteiger partial charge in [0, 0.05) is 19.3 Å². The number of hydrogen-bond acceptors (Lipinski definition) is 6. The maximum atomic E-state index is 13.0. The normalized spacial score (nSPS) is 12.2. The molecular formula is C74H138O6. The van der Waals surface area contributed by atoms with E-state index in [0.717, 1.165) is 70.6 Å². The van der Waals surface area contributed by atoms with E-state index in [0.29, 0.717) is 19.3 Å². The molecule has 0 bridgehead atoms. The van der Waals surface area contributed by atoms with Crippen LogP contribution in [-0.2, 0) is 28.6 Å². The highest BCUT2D eigenvalue weighted by Crippen LogP contribution is 2.19. The minimum absolute atomic E-state index is 0.0692. The van der Waals surface area contributed by atoms with E-state index in [1.54, 1.807) is 0 Å². The lowest BCUT2D eigenvalue weighted by molar-refractivity contribution is -0.167. The lowest BCUT2D eigenvalue weighted by atomic mass is 10.0. The van der Waals surface area contributed by atoms with Crippen molar-refractivity contribution < 1.29 is 28.6 Å². The van der Waals surface area contributed by atoms with Crippen LogP contribution in [0.25, 0.3) is 0 Å². The van der Waals surface area contributed by atoms with Gasteiger partial charge in [-0.1, -0.05) is 340 Å². The molecule has 0 fully saturated rings. The average molecular weight is 1120 g/mol. The number of rotatable bonds is 67. The van der Waals surface area contributed by atoms with Crippen LogP contribution in [0.3, 0.4) is 0 Å². The number of esters is 3. The Morgan fingerprint density at radius 3 is 0.725 bits per heavy atom. The van der Waals surface area contributed by atoms with E-state index in [1.165, 1.54) is 289 Å². The fraction of sp³-hybridized carbons (Fsp3) is 0.878. The summed E-state index contributed by atoms with van der Waals surface area (Å²) in [6, 6.07) is 0. The van der Waals surface area contributed by atoms with Gasteiger partial charge in [0.1, 0.15) is 13.2 Å². The molecule has 6 heteroatoms. The van der Waals surface area contributed by atoms with Gasteiger partial charge >= 0.3 is 17.9 Å². The van der Waals surface area contributed by atoms with Gasteiger partial charge in [-0.2, -0.15) is 0 Å². The van der Waals surface area contributed by atoms with Crippen LogP contribution >= 0.6 is 0 Å². The Morgan fingerprint density at radius 2 is 0.450 bits per heavy atom. The van der Waals surface area contributed by atoms with Crippen LogP contribution in [0.4, 0.5) is 0 Å².